The van der Waals surface area contributed by atoms with Crippen LogP contribution >= 0.6 is 0 Å². The average molecular weight is 418 g/mol. The molecule has 3 aromatic rings. The van der Waals surface area contributed by atoms with Crippen LogP contribution in [0, 0.1) is 0 Å². The minimum atomic E-state index is -4.60. The zero-order chi connectivity index (χ0) is 22.1. The number of fused-ring (bicyclic) bond motifs is 1. The molecule has 0 atom stereocenters. The summed E-state index contributed by atoms with van der Waals surface area (Å²) in [6.07, 6.45) is -2.70. The number of halogens is 3. The minimum Gasteiger partial charge on any atom is -0.478 e. The van der Waals surface area contributed by atoms with E-state index in [2.05, 4.69) is 5.43 Å². The fourth-order valence-electron chi connectivity index (χ4n) is 2.99. The Bertz CT molecular complexity index is 1100. The molecule has 2 aromatic carbocycles. The molecule has 0 spiro atoms. The smallest absolute Gasteiger partial charge is 0.420 e. The van der Waals surface area contributed by atoms with Crippen molar-refractivity contribution < 1.29 is 27.5 Å². The van der Waals surface area contributed by atoms with Gasteiger partial charge in [-0.25, -0.2) is 10.2 Å². The number of aromatic carboxylic acids is 1. The number of furan rings is 1. The van der Waals surface area contributed by atoms with Gasteiger partial charge >= 0.3 is 12.1 Å². The van der Waals surface area contributed by atoms with E-state index in [0.29, 0.717) is 22.3 Å². The van der Waals surface area contributed by atoms with Gasteiger partial charge in [-0.05, 0) is 55.3 Å². The number of rotatable bonds is 6. The van der Waals surface area contributed by atoms with Crippen LogP contribution < -0.4 is 5.43 Å². The maximum atomic E-state index is 13.7. The maximum Gasteiger partial charge on any atom is 0.420 e. The van der Waals surface area contributed by atoms with Crippen molar-refractivity contribution in [1.29, 1.82) is 0 Å². The number of hydrazine groups is 1. The first kappa shape index (κ1) is 21.4. The van der Waals surface area contributed by atoms with Crippen LogP contribution in [0.4, 0.5) is 13.2 Å². The third-order valence-electron chi connectivity index (χ3n) is 4.88. The Hall–Kier alpha value is -3.26. The summed E-state index contributed by atoms with van der Waals surface area (Å²) in [5, 5.41) is 11.1. The fourth-order valence-corrected chi connectivity index (χ4v) is 2.99. The molecule has 0 unspecified atom stereocenters. The summed E-state index contributed by atoms with van der Waals surface area (Å²) >= 11 is 0. The summed E-state index contributed by atoms with van der Waals surface area (Å²) < 4.78 is 46.6. The van der Waals surface area contributed by atoms with E-state index in [-0.39, 0.29) is 17.7 Å². The summed E-state index contributed by atoms with van der Waals surface area (Å²) in [5.74, 6) is -0.734. The molecule has 0 aliphatic rings. The Morgan fingerprint density at radius 1 is 1.17 bits per heavy atom. The van der Waals surface area contributed by atoms with Crippen LogP contribution in [-0.4, -0.2) is 23.1 Å². The van der Waals surface area contributed by atoms with Crippen molar-refractivity contribution in [1.82, 2.24) is 10.4 Å². The van der Waals surface area contributed by atoms with Gasteiger partial charge in [0.15, 0.2) is 0 Å². The molecular weight excluding hydrogens is 397 g/mol. The molecule has 0 bridgehead atoms. The van der Waals surface area contributed by atoms with Gasteiger partial charge in [-0.3, -0.25) is 0 Å². The zero-order valence-corrected chi connectivity index (χ0v) is 16.7. The highest BCUT2D eigenvalue weighted by Crippen LogP contribution is 2.39. The van der Waals surface area contributed by atoms with Gasteiger partial charge in [-0.15, -0.1) is 0 Å². The maximum absolute atomic E-state index is 13.7. The number of nitrogens with zero attached hydrogens (tertiary/aromatic N) is 1. The molecule has 8 heteroatoms. The van der Waals surface area contributed by atoms with E-state index in [1.54, 1.807) is 24.2 Å². The Morgan fingerprint density at radius 3 is 2.40 bits per heavy atom. The standard InChI is InChI=1S/C22H21F3N2O3/c1-4-13(2)27(3)26-12-18-10-17-9-16(11-19(20(17)30-18)22(23,24)25)14-5-7-15(8-6-14)21(28)29/h4-11,26H,12H2,1-3H3,(H,28,29)/b13-4-. The van der Waals surface area contributed by atoms with E-state index in [4.69, 9.17) is 9.52 Å². The zero-order valence-electron chi connectivity index (χ0n) is 16.7. The normalized spacial score (nSPS) is 12.4. The molecule has 0 aliphatic carbocycles. The van der Waals surface area contributed by atoms with E-state index in [1.165, 1.54) is 24.3 Å². The molecule has 1 heterocycles. The number of alkyl halides is 3. The van der Waals surface area contributed by atoms with Gasteiger partial charge in [-0.2, -0.15) is 13.2 Å². The molecule has 1 aromatic heterocycles. The topological polar surface area (TPSA) is 65.7 Å². The lowest BCUT2D eigenvalue weighted by molar-refractivity contribution is -0.136. The van der Waals surface area contributed by atoms with E-state index in [9.17, 15) is 18.0 Å². The van der Waals surface area contributed by atoms with Crippen LogP contribution in [0.25, 0.3) is 22.1 Å². The summed E-state index contributed by atoms with van der Waals surface area (Å²) in [4.78, 5) is 11.0. The number of carboxylic acid groups (broad SMARTS) is 1. The van der Waals surface area contributed by atoms with Crippen LogP contribution in [0.1, 0.15) is 35.5 Å². The SMILES string of the molecule is C/C=C(/C)N(C)NCc1cc2cc(-c3ccc(C(=O)O)cc3)cc(C(F)(F)F)c2o1. The molecule has 30 heavy (non-hydrogen) atoms. The van der Waals surface area contributed by atoms with Crippen LogP contribution in [0.3, 0.4) is 0 Å². The van der Waals surface area contributed by atoms with Crippen LogP contribution in [0.15, 0.2) is 58.7 Å². The van der Waals surface area contributed by atoms with E-state index in [1.807, 2.05) is 19.9 Å². The lowest BCUT2D eigenvalue weighted by atomic mass is 9.99. The number of hydrogen-bond donors (Lipinski definition) is 2. The van der Waals surface area contributed by atoms with Crippen LogP contribution in [0.2, 0.25) is 0 Å². The Kier molecular flexibility index (Phi) is 5.89. The van der Waals surface area contributed by atoms with Crippen molar-refractivity contribution in [2.45, 2.75) is 26.6 Å². The summed E-state index contributed by atoms with van der Waals surface area (Å²) in [6, 6.07) is 9.90. The van der Waals surface area contributed by atoms with Crippen molar-refractivity contribution in [2.24, 2.45) is 0 Å². The second-order valence-corrected chi connectivity index (χ2v) is 6.86. The molecule has 3 rings (SSSR count). The lowest BCUT2D eigenvalue weighted by Gasteiger charge is -2.19. The van der Waals surface area contributed by atoms with E-state index in [0.717, 1.165) is 11.8 Å². The minimum absolute atomic E-state index is 0.0630. The third-order valence-corrected chi connectivity index (χ3v) is 4.88. The van der Waals surface area contributed by atoms with E-state index >= 15 is 0 Å². The van der Waals surface area contributed by atoms with Crippen LogP contribution in [-0.2, 0) is 12.7 Å². The predicted octanol–water partition coefficient (Wildman–Crippen LogP) is 5.68. The highest BCUT2D eigenvalue weighted by atomic mass is 19.4. The van der Waals surface area contributed by atoms with Crippen molar-refractivity contribution in [3.63, 3.8) is 0 Å². The number of benzene rings is 2. The first-order valence-corrected chi connectivity index (χ1v) is 9.17. The quantitative estimate of drug-likeness (QED) is 0.505. The van der Waals surface area contributed by atoms with Crippen molar-refractivity contribution in [3.05, 3.63) is 71.1 Å². The van der Waals surface area contributed by atoms with Gasteiger partial charge in [0.25, 0.3) is 0 Å². The molecule has 0 fully saturated rings. The highest BCUT2D eigenvalue weighted by molar-refractivity contribution is 5.90. The largest absolute Gasteiger partial charge is 0.478 e. The molecule has 0 radical (unpaired) electrons. The number of allylic oxidation sites excluding steroid dienone is 2. The van der Waals surface area contributed by atoms with Crippen molar-refractivity contribution in [2.75, 3.05) is 7.05 Å². The summed E-state index contributed by atoms with van der Waals surface area (Å²) in [7, 11) is 1.80. The molecule has 0 amide bonds. The summed E-state index contributed by atoms with van der Waals surface area (Å²) in [6.45, 7) is 4.00. The van der Waals surface area contributed by atoms with Crippen molar-refractivity contribution in [3.8, 4) is 11.1 Å². The molecule has 0 saturated heterocycles. The molecule has 2 N–H and O–H groups in total. The van der Waals surface area contributed by atoms with Gasteiger partial charge in [0, 0.05) is 18.1 Å². The third kappa shape index (κ3) is 4.49. The number of carbonyl (C=O) groups is 1. The molecular formula is C22H21F3N2O3. The predicted molar refractivity (Wildman–Crippen MR) is 108 cm³/mol. The Labute approximate surface area is 171 Å². The monoisotopic (exact) mass is 418 g/mol. The molecule has 0 aliphatic heterocycles. The van der Waals surface area contributed by atoms with Gasteiger partial charge < -0.3 is 14.5 Å². The number of nitrogens with one attached hydrogen (secondary N) is 1. The van der Waals surface area contributed by atoms with Gasteiger partial charge in [0.05, 0.1) is 17.7 Å². The molecule has 5 nitrogen and oxygen atoms in total. The Balaban J connectivity index is 2.01. The lowest BCUT2D eigenvalue weighted by Crippen LogP contribution is -2.31. The van der Waals surface area contributed by atoms with Gasteiger partial charge in [0.2, 0.25) is 0 Å². The van der Waals surface area contributed by atoms with Gasteiger partial charge in [0.1, 0.15) is 11.3 Å². The average Bonchev–Trinajstić information content (AvgIpc) is 3.12. The highest BCUT2D eigenvalue weighted by Gasteiger charge is 2.35. The molecule has 0 saturated carbocycles. The summed E-state index contributed by atoms with van der Waals surface area (Å²) in [5.41, 5.74) is 3.79. The second kappa shape index (κ2) is 8.23. The Morgan fingerprint density at radius 2 is 1.83 bits per heavy atom. The second-order valence-electron chi connectivity index (χ2n) is 6.86. The number of carboxylic acids is 1. The molecule has 158 valence electrons. The van der Waals surface area contributed by atoms with Gasteiger partial charge in [-0.1, -0.05) is 18.2 Å². The van der Waals surface area contributed by atoms with E-state index < -0.39 is 17.7 Å². The van der Waals surface area contributed by atoms with Crippen LogP contribution in [0.5, 0.6) is 0 Å². The van der Waals surface area contributed by atoms with Crippen molar-refractivity contribution >= 4 is 16.9 Å². The first-order chi connectivity index (χ1) is 14.1. The first-order valence-electron chi connectivity index (χ1n) is 9.17. The number of hydrogen-bond acceptors (Lipinski definition) is 4. The fraction of sp³-hybridized carbons (Fsp3) is 0.227.